The van der Waals surface area contributed by atoms with Gasteiger partial charge in [-0.15, -0.1) is 0 Å². The van der Waals surface area contributed by atoms with E-state index in [1.165, 1.54) is 0 Å². The summed E-state index contributed by atoms with van der Waals surface area (Å²) in [5, 5.41) is 0.561. The lowest BCUT2D eigenvalue weighted by atomic mass is 10.0. The molecule has 2 aromatic rings. The Balaban J connectivity index is 2.36. The lowest BCUT2D eigenvalue weighted by Gasteiger charge is -2.26. The molecule has 0 aromatic heterocycles. The van der Waals surface area contributed by atoms with Crippen molar-refractivity contribution in [3.63, 3.8) is 0 Å². The molecule has 134 valence electrons. The van der Waals surface area contributed by atoms with Gasteiger partial charge in [0.25, 0.3) is 0 Å². The summed E-state index contributed by atoms with van der Waals surface area (Å²) < 4.78 is 24.3. The second-order valence-corrected chi connectivity index (χ2v) is 8.09. The van der Waals surface area contributed by atoms with Gasteiger partial charge in [-0.3, -0.25) is 9.36 Å². The smallest absolute Gasteiger partial charge is 0.308 e. The molecule has 0 fully saturated rings. The molecule has 0 aliphatic rings. The lowest BCUT2D eigenvalue weighted by Crippen LogP contribution is -2.12. The van der Waals surface area contributed by atoms with Gasteiger partial charge in [0.2, 0.25) is 0 Å². The molecule has 1 atom stereocenters. The molecule has 0 N–H and O–H groups in total. The van der Waals surface area contributed by atoms with E-state index in [2.05, 4.69) is 0 Å². The van der Waals surface area contributed by atoms with Gasteiger partial charge in [-0.2, -0.15) is 0 Å². The van der Waals surface area contributed by atoms with E-state index in [-0.39, 0.29) is 25.4 Å². The predicted molar refractivity (Wildman–Crippen MR) is 100 cm³/mol. The van der Waals surface area contributed by atoms with Crippen molar-refractivity contribution < 1.29 is 18.4 Å². The first-order valence-electron chi connectivity index (χ1n) is 8.22. The molecule has 25 heavy (non-hydrogen) atoms. The van der Waals surface area contributed by atoms with Crippen molar-refractivity contribution >= 4 is 25.0 Å². The molecule has 0 saturated carbocycles. The third kappa shape index (κ3) is 5.26. The van der Waals surface area contributed by atoms with Crippen molar-refractivity contribution in [2.75, 3.05) is 13.2 Å². The summed E-state index contributed by atoms with van der Waals surface area (Å²) in [6.45, 7) is 4.01. The lowest BCUT2D eigenvalue weighted by molar-refractivity contribution is 0.0973. The van der Waals surface area contributed by atoms with E-state index in [0.717, 1.165) is 5.56 Å². The first kappa shape index (κ1) is 19.9. The molecule has 0 amide bonds. The summed E-state index contributed by atoms with van der Waals surface area (Å²) in [6, 6.07) is 15.9. The minimum Gasteiger partial charge on any atom is -0.308 e. The first-order valence-corrected chi connectivity index (χ1v) is 10.2. The molecule has 4 nitrogen and oxygen atoms in total. The maximum atomic E-state index is 13.3. The molecule has 0 aliphatic carbocycles. The fraction of sp³-hybridized carbons (Fsp3) is 0.316. The van der Waals surface area contributed by atoms with E-state index < -0.39 is 13.3 Å². The quantitative estimate of drug-likeness (QED) is 0.400. The summed E-state index contributed by atoms with van der Waals surface area (Å²) in [5.74, 6) is -0.134. The van der Waals surface area contributed by atoms with Crippen molar-refractivity contribution in [1.82, 2.24) is 0 Å². The van der Waals surface area contributed by atoms with Crippen LogP contribution in [-0.2, 0) is 13.6 Å². The van der Waals surface area contributed by atoms with Crippen LogP contribution in [0.1, 0.15) is 41.8 Å². The molecule has 0 spiro atoms. The summed E-state index contributed by atoms with van der Waals surface area (Å²) in [5.41, 5.74) is 0.622. The van der Waals surface area contributed by atoms with Crippen molar-refractivity contribution in [2.24, 2.45) is 0 Å². The van der Waals surface area contributed by atoms with Crippen molar-refractivity contribution in [3.05, 3.63) is 70.7 Å². The van der Waals surface area contributed by atoms with Crippen LogP contribution in [0.4, 0.5) is 0 Å². The predicted octanol–water partition coefficient (Wildman–Crippen LogP) is 5.92. The van der Waals surface area contributed by atoms with Gasteiger partial charge in [-0.05, 0) is 43.7 Å². The molecular formula is C19H22ClO4P. The Hall–Kier alpha value is -1.45. The molecule has 0 aliphatic heterocycles. The Morgan fingerprint density at radius 1 is 1.00 bits per heavy atom. The van der Waals surface area contributed by atoms with E-state index in [1.807, 2.05) is 30.3 Å². The number of rotatable bonds is 9. The maximum Gasteiger partial charge on any atom is 0.338 e. The Labute approximate surface area is 153 Å². The highest BCUT2D eigenvalue weighted by molar-refractivity contribution is 7.54. The Bertz CT molecular complexity index is 721. The number of benzene rings is 2. The fourth-order valence-corrected chi connectivity index (χ4v) is 4.80. The molecule has 2 rings (SSSR count). The third-order valence-corrected chi connectivity index (χ3v) is 6.46. The first-order chi connectivity index (χ1) is 12.0. The monoisotopic (exact) mass is 380 g/mol. The minimum absolute atomic E-state index is 0.0307. The standard InChI is InChI=1S/C19H22ClO4P/c1-3-23-25(22,24-4-2)19(16-8-6-5-7-9-16)14-18(21)15-10-12-17(20)13-11-15/h5-13,19H,3-4,14H2,1-2H3. The van der Waals surface area contributed by atoms with E-state index >= 15 is 0 Å². The maximum absolute atomic E-state index is 13.3. The molecule has 6 heteroatoms. The third-order valence-electron chi connectivity index (χ3n) is 3.73. The van der Waals surface area contributed by atoms with Gasteiger partial charge in [0.1, 0.15) is 0 Å². The van der Waals surface area contributed by atoms with Crippen LogP contribution in [0.3, 0.4) is 0 Å². The Morgan fingerprint density at radius 2 is 1.56 bits per heavy atom. The summed E-state index contributed by atoms with van der Waals surface area (Å²) in [6.07, 6.45) is 0.0307. The van der Waals surface area contributed by atoms with Crippen LogP contribution < -0.4 is 0 Å². The van der Waals surface area contributed by atoms with E-state index in [0.29, 0.717) is 10.6 Å². The number of carbonyl (C=O) groups excluding carboxylic acids is 1. The summed E-state index contributed by atoms with van der Waals surface area (Å²) >= 11 is 5.88. The van der Waals surface area contributed by atoms with Crippen molar-refractivity contribution in [2.45, 2.75) is 25.9 Å². The van der Waals surface area contributed by atoms with Gasteiger partial charge < -0.3 is 9.05 Å². The number of ketones is 1. The van der Waals surface area contributed by atoms with Crippen molar-refractivity contribution in [3.8, 4) is 0 Å². The van der Waals surface area contributed by atoms with Crippen LogP contribution >= 0.6 is 19.2 Å². The van der Waals surface area contributed by atoms with Crippen LogP contribution in [0.2, 0.25) is 5.02 Å². The second-order valence-electron chi connectivity index (χ2n) is 5.44. The van der Waals surface area contributed by atoms with E-state index in [9.17, 15) is 9.36 Å². The Morgan fingerprint density at radius 3 is 2.08 bits per heavy atom. The number of carbonyl (C=O) groups is 1. The average Bonchev–Trinajstić information content (AvgIpc) is 2.61. The van der Waals surface area contributed by atoms with Crippen molar-refractivity contribution in [1.29, 1.82) is 0 Å². The van der Waals surface area contributed by atoms with Crippen LogP contribution in [0.25, 0.3) is 0 Å². The number of hydrogen-bond acceptors (Lipinski definition) is 4. The molecule has 0 saturated heterocycles. The highest BCUT2D eigenvalue weighted by Gasteiger charge is 2.38. The van der Waals surface area contributed by atoms with Gasteiger partial charge in [0.05, 0.1) is 18.9 Å². The van der Waals surface area contributed by atoms with Crippen LogP contribution in [-0.4, -0.2) is 19.0 Å². The summed E-state index contributed by atoms with van der Waals surface area (Å²) in [4.78, 5) is 12.7. The molecular weight excluding hydrogens is 359 g/mol. The average molecular weight is 381 g/mol. The largest absolute Gasteiger partial charge is 0.338 e. The number of Topliss-reactive ketones (excluding diaryl/α,β-unsaturated/α-hetero) is 1. The SMILES string of the molecule is CCOP(=O)(OCC)C(CC(=O)c1ccc(Cl)cc1)c1ccccc1. The van der Waals surface area contributed by atoms with Gasteiger partial charge in [0.15, 0.2) is 5.78 Å². The number of halogens is 1. The van der Waals surface area contributed by atoms with E-state index in [4.69, 9.17) is 20.6 Å². The zero-order valence-electron chi connectivity index (χ0n) is 14.4. The summed E-state index contributed by atoms with van der Waals surface area (Å²) in [7, 11) is -3.48. The highest BCUT2D eigenvalue weighted by atomic mass is 35.5. The fourth-order valence-electron chi connectivity index (χ4n) is 2.59. The van der Waals surface area contributed by atoms with Crippen LogP contribution in [0, 0.1) is 0 Å². The van der Waals surface area contributed by atoms with Gasteiger partial charge in [-0.1, -0.05) is 41.9 Å². The highest BCUT2D eigenvalue weighted by Crippen LogP contribution is 2.62. The molecule has 1 unspecified atom stereocenters. The second kappa shape index (κ2) is 9.30. The Kier molecular flexibility index (Phi) is 7.39. The van der Waals surface area contributed by atoms with Gasteiger partial charge in [-0.25, -0.2) is 0 Å². The molecule has 0 heterocycles. The zero-order valence-corrected chi connectivity index (χ0v) is 16.0. The minimum atomic E-state index is -3.48. The normalized spacial score (nSPS) is 12.8. The molecule has 0 bridgehead atoms. The topological polar surface area (TPSA) is 52.6 Å². The zero-order chi connectivity index (χ0) is 18.3. The van der Waals surface area contributed by atoms with Crippen LogP contribution in [0.5, 0.6) is 0 Å². The van der Waals surface area contributed by atoms with Gasteiger partial charge >= 0.3 is 7.60 Å². The number of hydrogen-bond donors (Lipinski definition) is 0. The van der Waals surface area contributed by atoms with Gasteiger partial charge in [0, 0.05) is 17.0 Å². The molecule has 2 aromatic carbocycles. The van der Waals surface area contributed by atoms with E-state index in [1.54, 1.807) is 38.1 Å². The van der Waals surface area contributed by atoms with Crippen LogP contribution in [0.15, 0.2) is 54.6 Å². The molecule has 0 radical (unpaired) electrons.